The lowest BCUT2D eigenvalue weighted by Crippen LogP contribution is -2.20. The van der Waals surface area contributed by atoms with E-state index in [-0.39, 0.29) is 0 Å². The van der Waals surface area contributed by atoms with Gasteiger partial charge in [-0.3, -0.25) is 4.79 Å². The normalized spacial score (nSPS) is 11.7. The number of amides is 1. The number of ether oxygens (including phenoxy) is 4. The largest absolute Gasteiger partial charge is 0.493 e. The number of para-hydroxylation sites is 1. The van der Waals surface area contributed by atoms with Crippen LogP contribution in [0.2, 0.25) is 5.02 Å². The van der Waals surface area contributed by atoms with Crippen LogP contribution >= 0.6 is 22.9 Å². The van der Waals surface area contributed by atoms with Crippen molar-refractivity contribution in [3.63, 3.8) is 0 Å². The minimum Gasteiger partial charge on any atom is -0.493 e. The van der Waals surface area contributed by atoms with Gasteiger partial charge in [-0.15, -0.1) is 0 Å². The number of hydrogen-bond acceptors (Lipinski definition) is 6. The number of rotatable bonds is 8. The molecular formula is C21H23ClN2O5S. The van der Waals surface area contributed by atoms with Gasteiger partial charge >= 0.3 is 0 Å². The Morgan fingerprint density at radius 3 is 2.43 bits per heavy atom. The molecule has 0 bridgehead atoms. The van der Waals surface area contributed by atoms with Crippen LogP contribution in [0.15, 0.2) is 35.3 Å². The maximum absolute atomic E-state index is 13.0. The second-order valence-electron chi connectivity index (χ2n) is 6.15. The smallest absolute Gasteiger partial charge is 0.279 e. The molecule has 1 heterocycles. The van der Waals surface area contributed by atoms with Gasteiger partial charge in [0.05, 0.1) is 43.2 Å². The van der Waals surface area contributed by atoms with E-state index in [9.17, 15) is 4.79 Å². The first-order valence-electron chi connectivity index (χ1n) is 9.28. The zero-order valence-electron chi connectivity index (χ0n) is 17.2. The first-order chi connectivity index (χ1) is 14.5. The molecule has 0 aliphatic heterocycles. The van der Waals surface area contributed by atoms with Crippen LogP contribution < -0.4 is 19.0 Å². The highest BCUT2D eigenvalue weighted by molar-refractivity contribution is 7.16. The summed E-state index contributed by atoms with van der Waals surface area (Å²) in [5.74, 6) is 0.761. The van der Waals surface area contributed by atoms with E-state index >= 15 is 0 Å². The molecule has 7 nitrogen and oxygen atoms in total. The van der Waals surface area contributed by atoms with Crippen molar-refractivity contribution in [2.45, 2.75) is 13.5 Å². The van der Waals surface area contributed by atoms with Gasteiger partial charge < -0.3 is 23.5 Å². The summed E-state index contributed by atoms with van der Waals surface area (Å²) in [5.41, 5.74) is 1.16. The van der Waals surface area contributed by atoms with Crippen LogP contribution in [0.1, 0.15) is 17.3 Å². The van der Waals surface area contributed by atoms with E-state index in [2.05, 4.69) is 4.99 Å². The van der Waals surface area contributed by atoms with Gasteiger partial charge in [0.1, 0.15) is 0 Å². The highest BCUT2D eigenvalue weighted by Crippen LogP contribution is 2.38. The van der Waals surface area contributed by atoms with Crippen molar-refractivity contribution in [1.82, 2.24) is 4.57 Å². The number of hydrogen-bond donors (Lipinski definition) is 0. The lowest BCUT2D eigenvalue weighted by molar-refractivity contribution is 0.0996. The van der Waals surface area contributed by atoms with Crippen molar-refractivity contribution < 1.29 is 23.7 Å². The minimum atomic E-state index is -0.429. The molecule has 0 fully saturated rings. The van der Waals surface area contributed by atoms with E-state index in [1.807, 2.05) is 29.7 Å². The first kappa shape index (κ1) is 22.1. The Morgan fingerprint density at radius 1 is 1.13 bits per heavy atom. The van der Waals surface area contributed by atoms with Crippen molar-refractivity contribution in [3.8, 4) is 17.2 Å². The summed E-state index contributed by atoms with van der Waals surface area (Å²) in [6.07, 6.45) is 0. The molecule has 30 heavy (non-hydrogen) atoms. The summed E-state index contributed by atoms with van der Waals surface area (Å²) in [6, 6.07) is 8.81. The first-order valence-corrected chi connectivity index (χ1v) is 10.5. The minimum absolute atomic E-state index is 0.324. The summed E-state index contributed by atoms with van der Waals surface area (Å²) in [4.78, 5) is 17.9. The summed E-state index contributed by atoms with van der Waals surface area (Å²) < 4.78 is 24.3. The van der Waals surface area contributed by atoms with Crippen molar-refractivity contribution in [1.29, 1.82) is 0 Å². The SMILES string of the molecule is CCOCCn1c(=NC(=O)c2cc(OC)c(OC)c(OC)c2)sc2cccc(Cl)c21. The van der Waals surface area contributed by atoms with Gasteiger partial charge in [0.25, 0.3) is 5.91 Å². The molecule has 0 radical (unpaired) electrons. The van der Waals surface area contributed by atoms with Crippen LogP contribution in [0.5, 0.6) is 17.2 Å². The number of methoxy groups -OCH3 is 3. The number of thiazole rings is 1. The maximum atomic E-state index is 13.0. The molecule has 9 heteroatoms. The standard InChI is InChI=1S/C21H23ClN2O5S/c1-5-29-10-9-24-18-14(22)7-6-8-17(18)30-21(24)23-20(25)13-11-15(26-2)19(28-4)16(12-13)27-3/h6-8,11-12H,5,9-10H2,1-4H3. The lowest BCUT2D eigenvalue weighted by atomic mass is 10.1. The Kier molecular flexibility index (Phi) is 7.36. The zero-order valence-corrected chi connectivity index (χ0v) is 18.8. The molecule has 1 amide bonds. The molecule has 0 saturated heterocycles. The summed E-state index contributed by atoms with van der Waals surface area (Å²) in [5, 5.41) is 0.599. The van der Waals surface area contributed by atoms with Gasteiger partial charge in [-0.2, -0.15) is 4.99 Å². The Labute approximate surface area is 183 Å². The molecular weight excluding hydrogens is 428 g/mol. The highest BCUT2D eigenvalue weighted by atomic mass is 35.5. The van der Waals surface area contributed by atoms with Gasteiger partial charge in [0.15, 0.2) is 16.3 Å². The molecule has 0 atom stereocenters. The van der Waals surface area contributed by atoms with Crippen LogP contribution in [0.4, 0.5) is 0 Å². The number of halogens is 1. The number of carbonyl (C=O) groups excluding carboxylic acids is 1. The Bertz CT molecular complexity index is 1100. The Balaban J connectivity index is 2.11. The van der Waals surface area contributed by atoms with Crippen LogP contribution in [0.3, 0.4) is 0 Å². The van der Waals surface area contributed by atoms with E-state index in [0.717, 1.165) is 10.2 Å². The molecule has 3 aromatic rings. The second kappa shape index (κ2) is 9.97. The van der Waals surface area contributed by atoms with Gasteiger partial charge in [-0.25, -0.2) is 0 Å². The molecule has 1 aromatic heterocycles. The predicted molar refractivity (Wildman–Crippen MR) is 117 cm³/mol. The van der Waals surface area contributed by atoms with Crippen LogP contribution in [-0.4, -0.2) is 45.0 Å². The van der Waals surface area contributed by atoms with Crippen LogP contribution in [0.25, 0.3) is 10.2 Å². The van der Waals surface area contributed by atoms with E-state index in [1.54, 1.807) is 12.1 Å². The molecule has 0 spiro atoms. The molecule has 3 rings (SSSR count). The highest BCUT2D eigenvalue weighted by Gasteiger charge is 2.18. The van der Waals surface area contributed by atoms with E-state index in [4.69, 9.17) is 30.5 Å². The Hall–Kier alpha value is -2.55. The van der Waals surface area contributed by atoms with Gasteiger partial charge in [-0.05, 0) is 31.2 Å². The van der Waals surface area contributed by atoms with Crippen LogP contribution in [0, 0.1) is 0 Å². The fraction of sp³-hybridized carbons (Fsp3) is 0.333. The molecule has 0 aliphatic carbocycles. The molecule has 0 N–H and O–H groups in total. The monoisotopic (exact) mass is 450 g/mol. The molecule has 0 unspecified atom stereocenters. The van der Waals surface area contributed by atoms with Crippen molar-refractivity contribution >= 4 is 39.1 Å². The van der Waals surface area contributed by atoms with Gasteiger partial charge in [-0.1, -0.05) is 29.0 Å². The van der Waals surface area contributed by atoms with E-state index in [0.29, 0.717) is 52.4 Å². The number of aromatic nitrogens is 1. The average molecular weight is 451 g/mol. The third-order valence-electron chi connectivity index (χ3n) is 4.42. The number of carbonyl (C=O) groups is 1. The third kappa shape index (κ3) is 4.45. The quantitative estimate of drug-likeness (QED) is 0.482. The molecule has 0 aliphatic rings. The van der Waals surface area contributed by atoms with Crippen molar-refractivity contribution in [2.24, 2.45) is 4.99 Å². The summed E-state index contributed by atoms with van der Waals surface area (Å²) in [6.45, 7) is 3.55. The molecule has 160 valence electrons. The van der Waals surface area contributed by atoms with Gasteiger partial charge in [0, 0.05) is 18.7 Å². The summed E-state index contributed by atoms with van der Waals surface area (Å²) in [7, 11) is 4.51. The zero-order chi connectivity index (χ0) is 21.7. The fourth-order valence-corrected chi connectivity index (χ4v) is 4.45. The van der Waals surface area contributed by atoms with Crippen molar-refractivity contribution in [3.05, 3.63) is 45.7 Å². The van der Waals surface area contributed by atoms with Crippen LogP contribution in [-0.2, 0) is 11.3 Å². The molecule has 2 aromatic carbocycles. The Morgan fingerprint density at radius 2 is 1.83 bits per heavy atom. The van der Waals surface area contributed by atoms with Gasteiger partial charge in [0.2, 0.25) is 5.75 Å². The number of fused-ring (bicyclic) bond motifs is 1. The van der Waals surface area contributed by atoms with Crippen molar-refractivity contribution in [2.75, 3.05) is 34.5 Å². The lowest BCUT2D eigenvalue weighted by Gasteiger charge is -2.12. The fourth-order valence-electron chi connectivity index (χ4n) is 3.04. The van der Waals surface area contributed by atoms with E-state index < -0.39 is 5.91 Å². The topological polar surface area (TPSA) is 71.3 Å². The van der Waals surface area contributed by atoms with E-state index in [1.165, 1.54) is 32.7 Å². The molecule has 0 saturated carbocycles. The average Bonchev–Trinajstić information content (AvgIpc) is 3.10. The number of nitrogens with zero attached hydrogens (tertiary/aromatic N) is 2. The third-order valence-corrected chi connectivity index (χ3v) is 5.77. The maximum Gasteiger partial charge on any atom is 0.279 e. The summed E-state index contributed by atoms with van der Waals surface area (Å²) >= 11 is 7.82. The predicted octanol–water partition coefficient (Wildman–Crippen LogP) is 4.16. The second-order valence-corrected chi connectivity index (χ2v) is 7.57. The number of benzene rings is 2.